The van der Waals surface area contributed by atoms with Crippen molar-refractivity contribution in [3.8, 4) is 5.75 Å². The largest absolute Gasteiger partial charge is 0.534 e. The molecule has 1 aliphatic rings. The maximum atomic E-state index is 12.3. The van der Waals surface area contributed by atoms with E-state index in [4.69, 9.17) is 0 Å². The Labute approximate surface area is 156 Å². The molecule has 1 atom stereocenters. The number of hydrogen-bond acceptors (Lipinski definition) is 6. The topological polar surface area (TPSA) is 86.7 Å². The number of benzene rings is 1. The van der Waals surface area contributed by atoms with Crippen LogP contribution in [0.15, 0.2) is 36.1 Å². The van der Waals surface area contributed by atoms with E-state index in [1.165, 1.54) is 18.2 Å². The minimum Gasteiger partial charge on any atom is -0.381 e. The van der Waals surface area contributed by atoms with Crippen molar-refractivity contribution in [1.29, 1.82) is 0 Å². The van der Waals surface area contributed by atoms with Gasteiger partial charge in [-0.15, -0.1) is 0 Å². The molecule has 6 nitrogen and oxygen atoms in total. The van der Waals surface area contributed by atoms with E-state index < -0.39 is 37.0 Å². The van der Waals surface area contributed by atoms with Crippen molar-refractivity contribution < 1.29 is 51.5 Å². The molecule has 0 radical (unpaired) electrons. The molecule has 1 aromatic carbocycles. The number of alkyl halides is 6. The molecule has 1 aliphatic carbocycles. The Bertz CT molecular complexity index is 946. The van der Waals surface area contributed by atoms with Gasteiger partial charge in [0, 0.05) is 6.42 Å². The van der Waals surface area contributed by atoms with Crippen LogP contribution in [0.25, 0.3) is 0 Å². The molecule has 28 heavy (non-hydrogen) atoms. The average Bonchev–Trinajstić information content (AvgIpc) is 2.53. The predicted octanol–water partition coefficient (Wildman–Crippen LogP) is 3.93. The van der Waals surface area contributed by atoms with E-state index >= 15 is 0 Å². The molecule has 0 bridgehead atoms. The van der Waals surface area contributed by atoms with Crippen LogP contribution in [0, 0.1) is 0 Å². The molecular weight excluding hydrogens is 442 g/mol. The maximum absolute atomic E-state index is 12.3. The van der Waals surface area contributed by atoms with Crippen molar-refractivity contribution >= 4 is 20.2 Å². The standard InChI is InChI=1S/C14H12F6O6S2/c15-13(16,17)27(21,22)25-11-5-1-9(2-6-11)10-3-7-12(8-4-10)26-28(23,24)14(18,19)20/h1-2,5-7,10H,3-4,8H2. The molecular formula is C14H12F6O6S2. The Morgan fingerprint density at radius 2 is 1.32 bits per heavy atom. The smallest absolute Gasteiger partial charge is 0.381 e. The Hall–Kier alpha value is -1.96. The Kier molecular flexibility index (Phi) is 5.95. The van der Waals surface area contributed by atoms with Gasteiger partial charge in [-0.1, -0.05) is 12.1 Å². The summed E-state index contributed by atoms with van der Waals surface area (Å²) in [5.74, 6) is -1.20. The zero-order valence-corrected chi connectivity index (χ0v) is 15.3. The van der Waals surface area contributed by atoms with Gasteiger partial charge in [0.25, 0.3) is 0 Å². The van der Waals surface area contributed by atoms with Crippen LogP contribution >= 0.6 is 0 Å². The summed E-state index contributed by atoms with van der Waals surface area (Å²) >= 11 is 0. The second-order valence-electron chi connectivity index (χ2n) is 5.68. The molecule has 0 saturated heterocycles. The quantitative estimate of drug-likeness (QED) is 0.381. The van der Waals surface area contributed by atoms with Gasteiger partial charge in [0.05, 0.1) is 0 Å². The summed E-state index contributed by atoms with van der Waals surface area (Å²) in [6.07, 6.45) is 1.39. The van der Waals surface area contributed by atoms with Crippen LogP contribution in [0.4, 0.5) is 26.3 Å². The average molecular weight is 454 g/mol. The van der Waals surface area contributed by atoms with E-state index in [9.17, 15) is 43.2 Å². The van der Waals surface area contributed by atoms with Crippen LogP contribution in [0.1, 0.15) is 30.7 Å². The van der Waals surface area contributed by atoms with Crippen LogP contribution in [-0.2, 0) is 24.4 Å². The summed E-state index contributed by atoms with van der Waals surface area (Å²) in [4.78, 5) is 0. The third kappa shape index (κ3) is 5.10. The fourth-order valence-corrected chi connectivity index (χ4v) is 3.33. The van der Waals surface area contributed by atoms with Crippen LogP contribution in [0.3, 0.4) is 0 Å². The van der Waals surface area contributed by atoms with E-state index in [-0.39, 0.29) is 30.9 Å². The molecule has 0 fully saturated rings. The molecule has 0 saturated carbocycles. The molecule has 0 spiro atoms. The molecule has 1 aromatic rings. The maximum Gasteiger partial charge on any atom is 0.534 e. The van der Waals surface area contributed by atoms with Crippen molar-refractivity contribution in [3.63, 3.8) is 0 Å². The van der Waals surface area contributed by atoms with Gasteiger partial charge in [-0.05, 0) is 42.5 Å². The third-order valence-corrected chi connectivity index (χ3v) is 5.69. The summed E-state index contributed by atoms with van der Waals surface area (Å²) in [5, 5.41) is 0. The van der Waals surface area contributed by atoms with Gasteiger partial charge in [-0.2, -0.15) is 43.2 Å². The highest BCUT2D eigenvalue weighted by Crippen LogP contribution is 2.36. The zero-order chi connectivity index (χ0) is 21.4. The first-order chi connectivity index (χ1) is 12.6. The second-order valence-corrected chi connectivity index (χ2v) is 8.75. The van der Waals surface area contributed by atoms with E-state index in [2.05, 4.69) is 8.37 Å². The molecule has 0 aromatic heterocycles. The third-order valence-electron chi connectivity index (χ3n) is 3.71. The summed E-state index contributed by atoms with van der Waals surface area (Å²) in [7, 11) is -11.5. The summed E-state index contributed by atoms with van der Waals surface area (Å²) < 4.78 is 125. The normalized spacial score (nSPS) is 19.1. The number of allylic oxidation sites excluding steroid dienone is 2. The van der Waals surface area contributed by atoms with E-state index in [0.717, 1.165) is 12.1 Å². The highest BCUT2D eigenvalue weighted by atomic mass is 32.2. The molecule has 0 heterocycles. The number of hydrogen-bond donors (Lipinski definition) is 0. The van der Waals surface area contributed by atoms with Crippen molar-refractivity contribution in [1.82, 2.24) is 0 Å². The molecule has 0 aliphatic heterocycles. The van der Waals surface area contributed by atoms with Crippen molar-refractivity contribution in [2.24, 2.45) is 0 Å². The van der Waals surface area contributed by atoms with E-state index in [1.54, 1.807) is 0 Å². The van der Waals surface area contributed by atoms with Crippen LogP contribution in [0.2, 0.25) is 0 Å². The van der Waals surface area contributed by atoms with Gasteiger partial charge < -0.3 is 8.37 Å². The fourth-order valence-electron chi connectivity index (χ4n) is 2.35. The van der Waals surface area contributed by atoms with E-state index in [0.29, 0.717) is 5.56 Å². The Morgan fingerprint density at radius 3 is 1.75 bits per heavy atom. The first-order valence-corrected chi connectivity index (χ1v) is 10.2. The van der Waals surface area contributed by atoms with Gasteiger partial charge in [-0.3, -0.25) is 0 Å². The molecule has 2 rings (SSSR count). The summed E-state index contributed by atoms with van der Waals surface area (Å²) in [5.41, 5.74) is -10.6. The number of halogens is 6. The van der Waals surface area contributed by atoms with Crippen LogP contribution < -0.4 is 4.18 Å². The van der Waals surface area contributed by atoms with Gasteiger partial charge in [0.2, 0.25) is 0 Å². The van der Waals surface area contributed by atoms with Crippen LogP contribution in [0.5, 0.6) is 5.75 Å². The first kappa shape index (κ1) is 22.3. The van der Waals surface area contributed by atoms with Crippen molar-refractivity contribution in [3.05, 3.63) is 41.7 Å². The Balaban J connectivity index is 2.04. The minimum atomic E-state index is -5.80. The Morgan fingerprint density at radius 1 is 0.821 bits per heavy atom. The minimum absolute atomic E-state index is 0.110. The molecule has 0 N–H and O–H groups in total. The molecule has 158 valence electrons. The fraction of sp³-hybridized carbons (Fsp3) is 0.429. The monoisotopic (exact) mass is 454 g/mol. The van der Waals surface area contributed by atoms with Gasteiger partial charge in [0.15, 0.2) is 0 Å². The zero-order valence-electron chi connectivity index (χ0n) is 13.6. The highest BCUT2D eigenvalue weighted by molar-refractivity contribution is 7.88. The predicted molar refractivity (Wildman–Crippen MR) is 82.8 cm³/mol. The number of rotatable bonds is 5. The van der Waals surface area contributed by atoms with Gasteiger partial charge >= 0.3 is 31.3 Å². The highest BCUT2D eigenvalue weighted by Gasteiger charge is 2.49. The first-order valence-electron chi connectivity index (χ1n) is 7.43. The summed E-state index contributed by atoms with van der Waals surface area (Å²) in [6, 6.07) is 4.61. The summed E-state index contributed by atoms with van der Waals surface area (Å²) in [6.45, 7) is 0. The lowest BCUT2D eigenvalue weighted by Crippen LogP contribution is -2.28. The van der Waals surface area contributed by atoms with Crippen LogP contribution in [-0.4, -0.2) is 27.9 Å². The van der Waals surface area contributed by atoms with Gasteiger partial charge in [0.1, 0.15) is 11.5 Å². The SMILES string of the molecule is O=S(=O)(OC1=CCC(c2ccc(OS(=O)(=O)C(F)(F)F)cc2)CC1)C(F)(F)F. The lowest BCUT2D eigenvalue weighted by atomic mass is 9.87. The van der Waals surface area contributed by atoms with E-state index in [1.807, 2.05) is 0 Å². The van der Waals surface area contributed by atoms with Gasteiger partial charge in [-0.25, -0.2) is 0 Å². The van der Waals surface area contributed by atoms with Crippen molar-refractivity contribution in [2.75, 3.05) is 0 Å². The molecule has 14 heteroatoms. The molecule has 1 unspecified atom stereocenters. The molecule has 0 amide bonds. The second kappa shape index (κ2) is 7.46. The van der Waals surface area contributed by atoms with Crippen molar-refractivity contribution in [2.45, 2.75) is 36.2 Å². The lowest BCUT2D eigenvalue weighted by molar-refractivity contribution is -0.0525. The lowest BCUT2D eigenvalue weighted by Gasteiger charge is -2.22.